The van der Waals surface area contributed by atoms with Crippen LogP contribution < -0.4 is 19.5 Å². The lowest BCUT2D eigenvalue weighted by molar-refractivity contribution is 0.171. The summed E-state index contributed by atoms with van der Waals surface area (Å²) in [5, 5.41) is 4.46. The first-order valence-electron chi connectivity index (χ1n) is 9.32. The van der Waals surface area contributed by atoms with Crippen LogP contribution in [0.5, 0.6) is 17.4 Å². The Hall–Kier alpha value is -3.09. The monoisotopic (exact) mass is 441 g/mol. The minimum absolute atomic E-state index is 0.509. The summed E-state index contributed by atoms with van der Waals surface area (Å²) in [5.74, 6) is 2.70. The van der Waals surface area contributed by atoms with Crippen LogP contribution in [0.1, 0.15) is 0 Å². The van der Waals surface area contributed by atoms with E-state index in [9.17, 15) is 0 Å². The van der Waals surface area contributed by atoms with E-state index in [4.69, 9.17) is 42.4 Å². The number of methoxy groups -OCH3 is 1. The summed E-state index contributed by atoms with van der Waals surface area (Å²) >= 11 is 13.0. The summed E-state index contributed by atoms with van der Waals surface area (Å²) in [6, 6.07) is 16.7. The second-order valence-electron chi connectivity index (χ2n) is 6.65. The molecule has 0 saturated heterocycles. The smallest absolute Gasteiger partial charge is 0.200 e. The van der Waals surface area contributed by atoms with E-state index in [1.807, 2.05) is 40.8 Å². The van der Waals surface area contributed by atoms with Crippen molar-refractivity contribution < 1.29 is 14.2 Å². The SMILES string of the molecule is COc1cccc2nc(-c3c(Cl)cccc3Cl)c(Nc3ccc4c(c3)OCCO4)n12. The Kier molecular flexibility index (Phi) is 4.81. The third-order valence-electron chi connectivity index (χ3n) is 4.82. The molecule has 2 aromatic carbocycles. The Bertz CT molecular complexity index is 1240. The topological polar surface area (TPSA) is 57.0 Å². The van der Waals surface area contributed by atoms with Crippen molar-refractivity contribution in [1.29, 1.82) is 0 Å². The summed E-state index contributed by atoms with van der Waals surface area (Å²) in [6.45, 7) is 1.06. The standard InChI is InChI=1S/C22H17Cl2N3O3/c1-28-19-7-3-6-18-26-21(20-14(23)4-2-5-15(20)24)22(27(18)19)25-13-8-9-16-17(12-13)30-11-10-29-16/h2-9,12,25H,10-11H2,1H3. The number of aromatic nitrogens is 2. The largest absolute Gasteiger partial charge is 0.486 e. The van der Waals surface area contributed by atoms with Gasteiger partial charge in [0, 0.05) is 17.3 Å². The summed E-state index contributed by atoms with van der Waals surface area (Å²) < 4.78 is 18.8. The average molecular weight is 442 g/mol. The predicted molar refractivity (Wildman–Crippen MR) is 118 cm³/mol. The Balaban J connectivity index is 1.71. The van der Waals surface area contributed by atoms with Gasteiger partial charge in [-0.1, -0.05) is 35.3 Å². The number of nitrogens with one attached hydrogen (secondary N) is 1. The van der Waals surface area contributed by atoms with Gasteiger partial charge in [0.25, 0.3) is 0 Å². The molecule has 5 rings (SSSR count). The molecule has 1 N–H and O–H groups in total. The minimum Gasteiger partial charge on any atom is -0.486 e. The first kappa shape index (κ1) is 18.9. The molecule has 3 heterocycles. The second kappa shape index (κ2) is 7.63. The second-order valence-corrected chi connectivity index (χ2v) is 7.47. The zero-order chi connectivity index (χ0) is 20.7. The lowest BCUT2D eigenvalue weighted by Crippen LogP contribution is -2.15. The zero-order valence-electron chi connectivity index (χ0n) is 16.0. The van der Waals surface area contributed by atoms with E-state index in [0.29, 0.717) is 57.6 Å². The van der Waals surface area contributed by atoms with Gasteiger partial charge >= 0.3 is 0 Å². The van der Waals surface area contributed by atoms with Gasteiger partial charge in [-0.2, -0.15) is 0 Å². The molecule has 0 amide bonds. The van der Waals surface area contributed by atoms with Crippen LogP contribution in [-0.2, 0) is 0 Å². The van der Waals surface area contributed by atoms with Crippen molar-refractivity contribution >= 4 is 40.4 Å². The van der Waals surface area contributed by atoms with Crippen molar-refractivity contribution in [1.82, 2.24) is 9.38 Å². The molecule has 0 saturated carbocycles. The van der Waals surface area contributed by atoms with Crippen LogP contribution in [0.2, 0.25) is 10.0 Å². The van der Waals surface area contributed by atoms with Crippen LogP contribution in [0, 0.1) is 0 Å². The van der Waals surface area contributed by atoms with E-state index < -0.39 is 0 Å². The van der Waals surface area contributed by atoms with Gasteiger partial charge in [0.15, 0.2) is 11.5 Å². The first-order chi connectivity index (χ1) is 14.7. The van der Waals surface area contributed by atoms with Crippen LogP contribution in [0.3, 0.4) is 0 Å². The fraction of sp³-hybridized carbons (Fsp3) is 0.136. The van der Waals surface area contributed by atoms with Gasteiger partial charge in [0.2, 0.25) is 5.88 Å². The molecule has 1 aliphatic heterocycles. The molecular weight excluding hydrogens is 425 g/mol. The third-order valence-corrected chi connectivity index (χ3v) is 5.45. The highest BCUT2D eigenvalue weighted by Gasteiger charge is 2.22. The first-order valence-corrected chi connectivity index (χ1v) is 10.1. The van der Waals surface area contributed by atoms with E-state index in [0.717, 1.165) is 11.4 Å². The highest BCUT2D eigenvalue weighted by atomic mass is 35.5. The van der Waals surface area contributed by atoms with Crippen molar-refractivity contribution in [3.8, 4) is 28.6 Å². The van der Waals surface area contributed by atoms with Gasteiger partial charge in [0.05, 0.1) is 17.2 Å². The highest BCUT2D eigenvalue weighted by molar-refractivity contribution is 6.39. The summed E-state index contributed by atoms with van der Waals surface area (Å²) in [7, 11) is 1.62. The van der Waals surface area contributed by atoms with Crippen molar-refractivity contribution in [2.24, 2.45) is 0 Å². The minimum atomic E-state index is 0.509. The van der Waals surface area contributed by atoms with Crippen LogP contribution in [0.15, 0.2) is 54.6 Å². The molecule has 30 heavy (non-hydrogen) atoms. The van der Waals surface area contributed by atoms with E-state index in [-0.39, 0.29) is 0 Å². The lowest BCUT2D eigenvalue weighted by Gasteiger charge is -2.19. The molecule has 0 radical (unpaired) electrons. The van der Waals surface area contributed by atoms with Crippen LogP contribution in [0.25, 0.3) is 16.9 Å². The maximum atomic E-state index is 6.51. The summed E-state index contributed by atoms with van der Waals surface area (Å²) in [6.07, 6.45) is 0. The van der Waals surface area contributed by atoms with Crippen molar-refractivity contribution in [3.05, 3.63) is 64.6 Å². The third kappa shape index (κ3) is 3.18. The van der Waals surface area contributed by atoms with Crippen LogP contribution in [-0.4, -0.2) is 29.7 Å². The van der Waals surface area contributed by atoms with Gasteiger partial charge in [-0.3, -0.25) is 0 Å². The normalized spacial score (nSPS) is 12.8. The number of ether oxygens (including phenoxy) is 3. The fourth-order valence-corrected chi connectivity index (χ4v) is 4.07. The van der Waals surface area contributed by atoms with Gasteiger partial charge < -0.3 is 19.5 Å². The molecule has 1 aliphatic rings. The molecule has 0 atom stereocenters. The number of hydrogen-bond acceptors (Lipinski definition) is 5. The number of anilines is 2. The molecule has 8 heteroatoms. The summed E-state index contributed by atoms with van der Waals surface area (Å²) in [4.78, 5) is 4.79. The zero-order valence-corrected chi connectivity index (χ0v) is 17.5. The molecule has 0 bridgehead atoms. The van der Waals surface area contributed by atoms with Gasteiger partial charge in [-0.25, -0.2) is 9.38 Å². The fourth-order valence-electron chi connectivity index (χ4n) is 3.49. The number of nitrogens with zero attached hydrogens (tertiary/aromatic N) is 2. The van der Waals surface area contributed by atoms with Crippen molar-refractivity contribution in [3.63, 3.8) is 0 Å². The maximum absolute atomic E-state index is 6.51. The predicted octanol–water partition coefficient (Wildman–Crippen LogP) is 5.83. The molecule has 152 valence electrons. The van der Waals surface area contributed by atoms with E-state index in [2.05, 4.69) is 5.32 Å². The molecular formula is C22H17Cl2N3O3. The van der Waals surface area contributed by atoms with E-state index >= 15 is 0 Å². The number of fused-ring (bicyclic) bond motifs is 2. The lowest BCUT2D eigenvalue weighted by atomic mass is 10.1. The Labute approximate surface area is 182 Å². The highest BCUT2D eigenvalue weighted by Crippen LogP contribution is 2.41. The van der Waals surface area contributed by atoms with Gasteiger partial charge in [0.1, 0.15) is 30.4 Å². The number of rotatable bonds is 4. The molecule has 2 aromatic heterocycles. The Morgan fingerprint density at radius 2 is 1.70 bits per heavy atom. The number of imidazole rings is 1. The molecule has 4 aromatic rings. The number of halogens is 2. The van der Waals surface area contributed by atoms with Crippen molar-refractivity contribution in [2.75, 3.05) is 25.6 Å². The number of hydrogen-bond donors (Lipinski definition) is 1. The molecule has 6 nitrogen and oxygen atoms in total. The van der Waals surface area contributed by atoms with Gasteiger partial charge in [-0.15, -0.1) is 0 Å². The van der Waals surface area contributed by atoms with E-state index in [1.54, 1.807) is 25.3 Å². The van der Waals surface area contributed by atoms with Crippen LogP contribution >= 0.6 is 23.2 Å². The van der Waals surface area contributed by atoms with E-state index in [1.165, 1.54) is 0 Å². The number of benzene rings is 2. The quantitative estimate of drug-likeness (QED) is 0.431. The van der Waals surface area contributed by atoms with Crippen molar-refractivity contribution in [2.45, 2.75) is 0 Å². The average Bonchev–Trinajstić information content (AvgIpc) is 3.11. The Morgan fingerprint density at radius 1 is 0.967 bits per heavy atom. The molecule has 0 unspecified atom stereocenters. The molecule has 0 spiro atoms. The maximum Gasteiger partial charge on any atom is 0.200 e. The van der Waals surface area contributed by atoms with Crippen LogP contribution in [0.4, 0.5) is 11.5 Å². The number of pyridine rings is 1. The molecule has 0 aliphatic carbocycles. The summed E-state index contributed by atoms with van der Waals surface area (Å²) in [5.41, 5.74) is 2.76. The van der Waals surface area contributed by atoms with Gasteiger partial charge in [-0.05, 0) is 36.4 Å². The Morgan fingerprint density at radius 3 is 2.47 bits per heavy atom. The molecule has 0 fully saturated rings.